The lowest BCUT2D eigenvalue weighted by Gasteiger charge is -2.15. The molecule has 0 fully saturated rings. The van der Waals surface area contributed by atoms with Crippen LogP contribution < -0.4 is 5.32 Å². The van der Waals surface area contributed by atoms with Crippen LogP contribution in [0.2, 0.25) is 10.0 Å². The van der Waals surface area contributed by atoms with Crippen LogP contribution in [0.15, 0.2) is 72.9 Å². The number of amides is 1. The van der Waals surface area contributed by atoms with Gasteiger partial charge in [-0.25, -0.2) is 13.6 Å². The van der Waals surface area contributed by atoms with Crippen LogP contribution in [0.1, 0.15) is 16.1 Å². The molecule has 10 heteroatoms. The SMILES string of the molecule is O=C(NCCF)c1cn(-c2ccc(-c3ccccc3)cc2CS(=O)O)c(-c2c(Cl)cccc2Cl)n1. The molecule has 2 N–H and O–H groups in total. The van der Waals surface area contributed by atoms with E-state index in [-0.39, 0.29) is 23.8 Å². The molecule has 1 amide bonds. The summed E-state index contributed by atoms with van der Waals surface area (Å²) in [7, 11) is 0. The molecule has 1 unspecified atom stereocenters. The average Bonchev–Trinajstić information content (AvgIpc) is 3.27. The van der Waals surface area contributed by atoms with Crippen LogP contribution in [0.25, 0.3) is 28.2 Å². The summed E-state index contributed by atoms with van der Waals surface area (Å²) in [5.74, 6) is -0.463. The molecule has 180 valence electrons. The lowest BCUT2D eigenvalue weighted by Crippen LogP contribution is -2.25. The van der Waals surface area contributed by atoms with E-state index >= 15 is 0 Å². The van der Waals surface area contributed by atoms with E-state index in [2.05, 4.69) is 10.3 Å². The molecule has 6 nitrogen and oxygen atoms in total. The molecular weight excluding hydrogens is 512 g/mol. The molecule has 1 atom stereocenters. The number of hydrogen-bond donors (Lipinski definition) is 2. The van der Waals surface area contributed by atoms with Crippen molar-refractivity contribution in [2.75, 3.05) is 13.2 Å². The second-order valence-corrected chi connectivity index (χ2v) is 9.28. The van der Waals surface area contributed by atoms with Crippen molar-refractivity contribution in [3.05, 3.63) is 94.2 Å². The Labute approximate surface area is 214 Å². The first-order valence-corrected chi connectivity index (χ1v) is 12.6. The highest BCUT2D eigenvalue weighted by molar-refractivity contribution is 7.78. The van der Waals surface area contributed by atoms with Crippen molar-refractivity contribution in [3.63, 3.8) is 0 Å². The number of nitrogens with zero attached hydrogens (tertiary/aromatic N) is 2. The Bertz CT molecular complexity index is 1380. The quantitative estimate of drug-likeness (QED) is 0.276. The smallest absolute Gasteiger partial charge is 0.271 e. The Kier molecular flexibility index (Phi) is 7.97. The molecule has 0 aliphatic heterocycles. The third-order valence-corrected chi connectivity index (χ3v) is 6.42. The van der Waals surface area contributed by atoms with Crippen LogP contribution in [0.5, 0.6) is 0 Å². The first-order valence-electron chi connectivity index (χ1n) is 10.5. The largest absolute Gasteiger partial charge is 0.348 e. The number of nitrogens with one attached hydrogen (secondary N) is 1. The molecule has 0 aliphatic rings. The zero-order valence-corrected chi connectivity index (χ0v) is 20.6. The van der Waals surface area contributed by atoms with Gasteiger partial charge in [0.15, 0.2) is 11.1 Å². The van der Waals surface area contributed by atoms with Gasteiger partial charge in [-0.1, -0.05) is 65.7 Å². The van der Waals surface area contributed by atoms with Gasteiger partial charge in [-0.05, 0) is 41.0 Å². The van der Waals surface area contributed by atoms with Crippen LogP contribution in [0.3, 0.4) is 0 Å². The van der Waals surface area contributed by atoms with E-state index in [1.54, 1.807) is 28.8 Å². The van der Waals surface area contributed by atoms with Gasteiger partial charge in [0.25, 0.3) is 5.91 Å². The maximum Gasteiger partial charge on any atom is 0.271 e. The predicted octanol–water partition coefficient (Wildman–Crippen LogP) is 5.93. The number of rotatable bonds is 8. The number of hydrogen-bond acceptors (Lipinski definition) is 3. The van der Waals surface area contributed by atoms with Crippen molar-refractivity contribution in [3.8, 4) is 28.2 Å². The molecule has 35 heavy (non-hydrogen) atoms. The van der Waals surface area contributed by atoms with E-state index in [1.165, 1.54) is 6.20 Å². The van der Waals surface area contributed by atoms with Crippen molar-refractivity contribution in [2.45, 2.75) is 5.75 Å². The maximum atomic E-state index is 12.6. The number of imidazole rings is 1. The predicted molar refractivity (Wildman–Crippen MR) is 137 cm³/mol. The van der Waals surface area contributed by atoms with Crippen LogP contribution in [-0.2, 0) is 16.8 Å². The summed E-state index contributed by atoms with van der Waals surface area (Å²) in [6.07, 6.45) is 1.48. The topological polar surface area (TPSA) is 84.2 Å². The second-order valence-electron chi connectivity index (χ2n) is 7.54. The minimum absolute atomic E-state index is 0.0210. The lowest BCUT2D eigenvalue weighted by atomic mass is 10.0. The lowest BCUT2D eigenvalue weighted by molar-refractivity contribution is 0.0946. The molecule has 0 radical (unpaired) electrons. The molecule has 0 bridgehead atoms. The number of aromatic nitrogens is 2. The second kappa shape index (κ2) is 11.1. The molecule has 4 rings (SSSR count). The van der Waals surface area contributed by atoms with E-state index in [0.717, 1.165) is 11.1 Å². The minimum Gasteiger partial charge on any atom is -0.348 e. The highest BCUT2D eigenvalue weighted by atomic mass is 35.5. The summed E-state index contributed by atoms with van der Waals surface area (Å²) < 4.78 is 35.8. The van der Waals surface area contributed by atoms with Crippen molar-refractivity contribution < 1.29 is 17.9 Å². The molecule has 0 saturated carbocycles. The van der Waals surface area contributed by atoms with E-state index in [4.69, 9.17) is 23.2 Å². The van der Waals surface area contributed by atoms with Crippen LogP contribution in [0.4, 0.5) is 4.39 Å². The number of halogens is 3. The molecule has 1 aromatic heterocycles. The maximum absolute atomic E-state index is 12.6. The third-order valence-electron chi connectivity index (χ3n) is 5.23. The standard InChI is InChI=1S/C25H20Cl2FN3O3S/c26-19-7-4-8-20(27)23(19)24-30-21(25(32)29-12-11-28)14-31(24)22-10-9-17(13-18(22)15-35(33)34)16-5-2-1-3-6-16/h1-10,13-14H,11-12,15H2,(H,29,32)(H,33,34). The molecule has 0 saturated heterocycles. The van der Waals surface area contributed by atoms with Gasteiger partial charge in [-0.3, -0.25) is 9.36 Å². The summed E-state index contributed by atoms with van der Waals surface area (Å²) in [4.78, 5) is 17.0. The van der Waals surface area contributed by atoms with Crippen molar-refractivity contribution >= 4 is 40.2 Å². The highest BCUT2D eigenvalue weighted by Gasteiger charge is 2.22. The summed E-state index contributed by atoms with van der Waals surface area (Å²) in [6, 6.07) is 20.0. The zero-order valence-electron chi connectivity index (χ0n) is 18.2. The summed E-state index contributed by atoms with van der Waals surface area (Å²) >= 11 is 10.8. The average molecular weight is 532 g/mol. The molecule has 1 heterocycles. The minimum atomic E-state index is -2.14. The molecule has 4 aromatic rings. The number of carbonyl (C=O) groups excluding carboxylic acids is 1. The summed E-state index contributed by atoms with van der Waals surface area (Å²) in [6.45, 7) is -0.878. The molecule has 3 aromatic carbocycles. The first kappa shape index (κ1) is 25.1. The van der Waals surface area contributed by atoms with E-state index in [0.29, 0.717) is 26.9 Å². The van der Waals surface area contributed by atoms with E-state index < -0.39 is 23.7 Å². The number of alkyl halides is 1. The van der Waals surface area contributed by atoms with Crippen molar-refractivity contribution in [1.29, 1.82) is 0 Å². The van der Waals surface area contributed by atoms with Gasteiger partial charge in [0, 0.05) is 12.7 Å². The Hall–Kier alpha value is -3.04. The Balaban J connectivity index is 1.93. The van der Waals surface area contributed by atoms with Crippen LogP contribution in [0, 0.1) is 0 Å². The summed E-state index contributed by atoms with van der Waals surface area (Å²) in [5, 5.41) is 3.08. The van der Waals surface area contributed by atoms with E-state index in [9.17, 15) is 17.9 Å². The number of carbonyl (C=O) groups is 1. The van der Waals surface area contributed by atoms with Gasteiger partial charge in [-0.2, -0.15) is 0 Å². The number of benzene rings is 3. The normalized spacial score (nSPS) is 11.9. The highest BCUT2D eigenvalue weighted by Crippen LogP contribution is 2.36. The monoisotopic (exact) mass is 531 g/mol. The fourth-order valence-electron chi connectivity index (χ4n) is 3.69. The van der Waals surface area contributed by atoms with Gasteiger partial charge in [0.2, 0.25) is 0 Å². The third kappa shape index (κ3) is 5.62. The fourth-order valence-corrected chi connectivity index (χ4v) is 4.76. The van der Waals surface area contributed by atoms with Crippen LogP contribution in [-0.4, -0.2) is 37.4 Å². The summed E-state index contributed by atoms with van der Waals surface area (Å²) in [5.41, 5.74) is 3.28. The van der Waals surface area contributed by atoms with E-state index in [1.807, 2.05) is 42.5 Å². The van der Waals surface area contributed by atoms with Gasteiger partial charge in [0.1, 0.15) is 18.2 Å². The van der Waals surface area contributed by atoms with Gasteiger partial charge >= 0.3 is 0 Å². The van der Waals surface area contributed by atoms with Gasteiger partial charge in [-0.15, -0.1) is 0 Å². The molecular formula is C25H20Cl2FN3O3S. The first-order chi connectivity index (χ1) is 16.9. The Morgan fingerprint density at radius 2 is 1.74 bits per heavy atom. The van der Waals surface area contributed by atoms with Gasteiger partial charge < -0.3 is 9.87 Å². The molecule has 0 aliphatic carbocycles. The molecule has 0 spiro atoms. The van der Waals surface area contributed by atoms with Crippen molar-refractivity contribution in [2.24, 2.45) is 0 Å². The van der Waals surface area contributed by atoms with Crippen LogP contribution >= 0.6 is 23.2 Å². The van der Waals surface area contributed by atoms with Gasteiger partial charge in [0.05, 0.1) is 27.0 Å². The Morgan fingerprint density at radius 1 is 1.03 bits per heavy atom. The Morgan fingerprint density at radius 3 is 2.40 bits per heavy atom. The zero-order chi connectivity index (χ0) is 24.9. The fraction of sp³-hybridized carbons (Fsp3) is 0.120. The van der Waals surface area contributed by atoms with Crippen molar-refractivity contribution in [1.82, 2.24) is 14.9 Å².